The number of nitro groups is 1. The van der Waals surface area contributed by atoms with Crippen LogP contribution in [0.5, 0.6) is 0 Å². The van der Waals surface area contributed by atoms with Crippen LogP contribution in [0.25, 0.3) is 6.08 Å². The van der Waals surface area contributed by atoms with E-state index in [1.807, 2.05) is 0 Å². The van der Waals surface area contributed by atoms with Gasteiger partial charge in [-0.25, -0.2) is 0 Å². The van der Waals surface area contributed by atoms with E-state index >= 15 is 0 Å². The van der Waals surface area contributed by atoms with Gasteiger partial charge in [0.05, 0.1) is 4.92 Å². The first-order chi connectivity index (χ1) is 9.65. The Balaban J connectivity index is 1.99. The summed E-state index contributed by atoms with van der Waals surface area (Å²) in [5, 5.41) is 10.7. The maximum absolute atomic E-state index is 11.9. The second kappa shape index (κ2) is 4.58. The third kappa shape index (κ3) is 2.03. The number of amides is 1. The lowest BCUT2D eigenvalue weighted by atomic mass is 10.1. The molecule has 20 heavy (non-hydrogen) atoms. The number of nitrogens with zero attached hydrogens (tertiary/aromatic N) is 3. The van der Waals surface area contributed by atoms with E-state index in [0.717, 1.165) is 0 Å². The summed E-state index contributed by atoms with van der Waals surface area (Å²) in [4.78, 5) is 27.7. The van der Waals surface area contributed by atoms with Crippen molar-refractivity contribution in [3.63, 3.8) is 0 Å². The van der Waals surface area contributed by atoms with Crippen molar-refractivity contribution in [2.24, 2.45) is 4.99 Å². The highest BCUT2D eigenvalue weighted by Gasteiger charge is 2.27. The highest BCUT2D eigenvalue weighted by atomic mass is 16.6. The van der Waals surface area contributed by atoms with E-state index in [-0.39, 0.29) is 11.6 Å². The molecule has 6 nitrogen and oxygen atoms in total. The van der Waals surface area contributed by atoms with Crippen molar-refractivity contribution in [3.8, 4) is 0 Å². The van der Waals surface area contributed by atoms with Crippen LogP contribution in [0.3, 0.4) is 0 Å². The van der Waals surface area contributed by atoms with E-state index < -0.39 is 4.92 Å². The third-order valence-electron chi connectivity index (χ3n) is 2.92. The van der Waals surface area contributed by atoms with Gasteiger partial charge in [-0.05, 0) is 23.8 Å². The molecule has 0 radical (unpaired) electrons. The zero-order valence-corrected chi connectivity index (χ0v) is 10.3. The van der Waals surface area contributed by atoms with Gasteiger partial charge in [0.2, 0.25) is 0 Å². The molecule has 2 heterocycles. The molecule has 1 amide bonds. The lowest BCUT2D eigenvalue weighted by Crippen LogP contribution is -2.20. The molecule has 0 saturated carbocycles. The number of benzene rings is 1. The number of rotatable bonds is 2. The van der Waals surface area contributed by atoms with Crippen molar-refractivity contribution in [2.45, 2.75) is 0 Å². The Labute approximate surface area is 114 Å². The first-order valence-corrected chi connectivity index (χ1v) is 5.88. The van der Waals surface area contributed by atoms with Gasteiger partial charge in [-0.15, -0.1) is 0 Å². The highest BCUT2D eigenvalue weighted by Crippen LogP contribution is 2.23. The number of carbonyl (C=O) groups is 1. The summed E-state index contributed by atoms with van der Waals surface area (Å²) in [6.45, 7) is 0. The van der Waals surface area contributed by atoms with Crippen molar-refractivity contribution < 1.29 is 9.72 Å². The quantitative estimate of drug-likeness (QED) is 0.468. The van der Waals surface area contributed by atoms with E-state index in [2.05, 4.69) is 4.99 Å². The summed E-state index contributed by atoms with van der Waals surface area (Å²) in [5.74, 6) is 0.192. The zero-order valence-electron chi connectivity index (χ0n) is 10.3. The predicted molar refractivity (Wildman–Crippen MR) is 73.6 cm³/mol. The van der Waals surface area contributed by atoms with Crippen LogP contribution in [0.15, 0.2) is 59.4 Å². The lowest BCUT2D eigenvalue weighted by molar-refractivity contribution is -0.384. The van der Waals surface area contributed by atoms with E-state index in [9.17, 15) is 14.9 Å². The maximum Gasteiger partial charge on any atom is 0.295 e. The van der Waals surface area contributed by atoms with Crippen LogP contribution in [-0.2, 0) is 4.79 Å². The van der Waals surface area contributed by atoms with Crippen molar-refractivity contribution in [1.29, 1.82) is 0 Å². The van der Waals surface area contributed by atoms with Gasteiger partial charge in [-0.2, -0.15) is 4.99 Å². The van der Waals surface area contributed by atoms with E-state index in [4.69, 9.17) is 0 Å². The molecule has 6 heteroatoms. The normalized spacial score (nSPS) is 18.4. The fraction of sp³-hybridized carbons (Fsp3) is 0. The van der Waals surface area contributed by atoms with Crippen LogP contribution in [-0.4, -0.2) is 21.6 Å². The van der Waals surface area contributed by atoms with Crippen molar-refractivity contribution in [1.82, 2.24) is 4.90 Å². The molecule has 2 aliphatic rings. The van der Waals surface area contributed by atoms with E-state index in [1.165, 1.54) is 12.1 Å². The lowest BCUT2D eigenvalue weighted by Gasteiger charge is -2.16. The van der Waals surface area contributed by atoms with Crippen LogP contribution in [0.2, 0.25) is 0 Å². The molecule has 0 aromatic heterocycles. The molecule has 2 aliphatic heterocycles. The molecule has 1 aromatic carbocycles. The summed E-state index contributed by atoms with van der Waals surface area (Å²) in [7, 11) is 0. The Morgan fingerprint density at radius 1 is 1.30 bits per heavy atom. The molecule has 0 saturated heterocycles. The van der Waals surface area contributed by atoms with Crippen LogP contribution in [0, 0.1) is 10.1 Å². The molecule has 0 unspecified atom stereocenters. The molecule has 0 aliphatic carbocycles. The average Bonchev–Trinajstić information content (AvgIpc) is 2.76. The van der Waals surface area contributed by atoms with E-state index in [1.54, 1.807) is 47.5 Å². The van der Waals surface area contributed by atoms with Gasteiger partial charge in [0.15, 0.2) is 0 Å². The second-order valence-electron chi connectivity index (χ2n) is 4.23. The third-order valence-corrected chi connectivity index (χ3v) is 2.92. The molecule has 0 spiro atoms. The number of nitro benzene ring substituents is 1. The fourth-order valence-electron chi connectivity index (χ4n) is 2.01. The van der Waals surface area contributed by atoms with E-state index in [0.29, 0.717) is 17.1 Å². The first kappa shape index (κ1) is 12.0. The van der Waals surface area contributed by atoms with Gasteiger partial charge in [-0.3, -0.25) is 19.8 Å². The number of hydrogen-bond acceptors (Lipinski definition) is 4. The second-order valence-corrected chi connectivity index (χ2v) is 4.23. The highest BCUT2D eigenvalue weighted by molar-refractivity contribution is 6.17. The SMILES string of the molecule is O=C1N=C2C=CC=CN2C1=Cc1cccc([N+](=O)[O-])c1. The molecular weight excluding hydrogens is 258 g/mol. The molecule has 0 fully saturated rings. The minimum absolute atomic E-state index is 0.0139. The molecule has 0 atom stereocenters. The zero-order chi connectivity index (χ0) is 14.1. The maximum atomic E-state index is 11.9. The van der Waals surface area contributed by atoms with Gasteiger partial charge in [0.25, 0.3) is 11.6 Å². The Morgan fingerprint density at radius 2 is 2.15 bits per heavy atom. The Morgan fingerprint density at radius 3 is 2.95 bits per heavy atom. The number of carbonyl (C=O) groups excluding carboxylic acids is 1. The number of non-ortho nitro benzene ring substituents is 1. The monoisotopic (exact) mass is 267 g/mol. The topological polar surface area (TPSA) is 75.8 Å². The van der Waals surface area contributed by atoms with Crippen molar-refractivity contribution >= 4 is 23.5 Å². The van der Waals surface area contributed by atoms with Crippen LogP contribution in [0.4, 0.5) is 5.69 Å². The van der Waals surface area contributed by atoms with Gasteiger partial charge < -0.3 is 0 Å². The molecular formula is C14H9N3O3. The Kier molecular flexibility index (Phi) is 2.76. The summed E-state index contributed by atoms with van der Waals surface area (Å²) < 4.78 is 0. The summed E-state index contributed by atoms with van der Waals surface area (Å²) in [5.41, 5.74) is 0.947. The first-order valence-electron chi connectivity index (χ1n) is 5.88. The Hall–Kier alpha value is -3.02. The molecule has 98 valence electrons. The van der Waals surface area contributed by atoms with Crippen LogP contribution < -0.4 is 0 Å². The number of allylic oxidation sites excluding steroid dienone is 2. The van der Waals surface area contributed by atoms with Crippen LogP contribution in [0.1, 0.15) is 5.56 Å². The van der Waals surface area contributed by atoms with Crippen molar-refractivity contribution in [2.75, 3.05) is 0 Å². The number of amidine groups is 1. The molecule has 0 bridgehead atoms. The van der Waals surface area contributed by atoms with Crippen LogP contribution >= 0.6 is 0 Å². The fourth-order valence-corrected chi connectivity index (χ4v) is 2.01. The van der Waals surface area contributed by atoms with Gasteiger partial charge >= 0.3 is 0 Å². The standard InChI is InChI=1S/C14H9N3O3/c18-14-12(16-7-2-1-6-13(16)15-14)9-10-4-3-5-11(8-10)17(19)20/h1-9H. The minimum atomic E-state index is -0.468. The molecule has 3 rings (SSSR count). The largest absolute Gasteiger partial charge is 0.297 e. The summed E-state index contributed by atoms with van der Waals surface area (Å²) in [6, 6.07) is 6.11. The van der Waals surface area contributed by atoms with Gasteiger partial charge in [0, 0.05) is 18.3 Å². The van der Waals surface area contributed by atoms with Gasteiger partial charge in [0.1, 0.15) is 11.5 Å². The Bertz CT molecular complexity index is 729. The molecule has 0 N–H and O–H groups in total. The van der Waals surface area contributed by atoms with Crippen molar-refractivity contribution in [3.05, 3.63) is 70.1 Å². The number of fused-ring (bicyclic) bond motifs is 1. The summed E-state index contributed by atoms with van der Waals surface area (Å²) >= 11 is 0. The van der Waals surface area contributed by atoms with Gasteiger partial charge in [-0.1, -0.05) is 18.2 Å². The smallest absolute Gasteiger partial charge is 0.295 e. The average molecular weight is 267 g/mol. The summed E-state index contributed by atoms with van der Waals surface area (Å²) in [6.07, 6.45) is 8.63. The number of aliphatic imine (C=N–C) groups is 1. The predicted octanol–water partition coefficient (Wildman–Crippen LogP) is 2.26. The molecule has 1 aromatic rings. The minimum Gasteiger partial charge on any atom is -0.297 e. The number of hydrogen-bond donors (Lipinski definition) is 0.